The summed E-state index contributed by atoms with van der Waals surface area (Å²) in [7, 11) is -2.45. The largest absolute Gasteiger partial charge is 0.475 e. The van der Waals surface area contributed by atoms with Crippen molar-refractivity contribution in [3.8, 4) is 0 Å². The number of carbonyl (C=O) groups is 1. The molecule has 0 aliphatic rings. The minimum absolute atomic E-state index is 0.406. The second-order valence-corrected chi connectivity index (χ2v) is 4.31. The van der Waals surface area contributed by atoms with Crippen LogP contribution in [0.1, 0.15) is 10.6 Å². The van der Waals surface area contributed by atoms with Crippen molar-refractivity contribution in [3.63, 3.8) is 0 Å². The number of aromatic carboxylic acids is 1. The van der Waals surface area contributed by atoms with E-state index in [2.05, 4.69) is 9.15 Å². The van der Waals surface area contributed by atoms with Crippen LogP contribution < -0.4 is 0 Å². The molecule has 0 atom stereocenters. The molecule has 0 aliphatic heterocycles. The Labute approximate surface area is 80.0 Å². The zero-order chi connectivity index (χ0) is 10.8. The number of carboxylic acids is 1. The van der Waals surface area contributed by atoms with Gasteiger partial charge in [-0.15, -0.1) is 0 Å². The molecule has 0 unspecified atom stereocenters. The first kappa shape index (κ1) is 10.7. The number of ether oxygens (including phenoxy) is 1. The van der Waals surface area contributed by atoms with Crippen LogP contribution >= 0.6 is 0 Å². The highest BCUT2D eigenvalue weighted by molar-refractivity contribution is 7.91. The van der Waals surface area contributed by atoms with Gasteiger partial charge in [0, 0.05) is 7.11 Å². The average molecular weight is 220 g/mol. The summed E-state index contributed by atoms with van der Waals surface area (Å²) in [6.45, 7) is 0. The molecule has 0 amide bonds. The van der Waals surface area contributed by atoms with Crippen LogP contribution in [0.5, 0.6) is 0 Å². The fourth-order valence-corrected chi connectivity index (χ4v) is 1.73. The maximum absolute atomic E-state index is 11.3. The maximum atomic E-state index is 11.3. The molecule has 1 heterocycles. The molecule has 78 valence electrons. The van der Waals surface area contributed by atoms with Gasteiger partial charge in [-0.25, -0.2) is 13.2 Å². The fraction of sp³-hybridized carbons (Fsp3) is 0.286. The molecule has 0 aromatic carbocycles. The first-order valence-corrected chi connectivity index (χ1v) is 5.17. The quantitative estimate of drug-likeness (QED) is 0.787. The topological polar surface area (TPSA) is 93.8 Å². The van der Waals surface area contributed by atoms with Crippen molar-refractivity contribution in [1.29, 1.82) is 0 Å². The number of sulfone groups is 1. The van der Waals surface area contributed by atoms with Gasteiger partial charge in [0.15, 0.2) is 5.94 Å². The molecule has 6 nitrogen and oxygen atoms in total. The molecule has 0 saturated carbocycles. The maximum Gasteiger partial charge on any atom is 0.371 e. The van der Waals surface area contributed by atoms with Crippen molar-refractivity contribution >= 4 is 15.8 Å². The van der Waals surface area contributed by atoms with Gasteiger partial charge in [-0.05, 0) is 12.1 Å². The van der Waals surface area contributed by atoms with E-state index >= 15 is 0 Å². The Bertz CT molecular complexity index is 429. The lowest BCUT2D eigenvalue weighted by atomic mass is 10.5. The van der Waals surface area contributed by atoms with Gasteiger partial charge in [-0.2, -0.15) is 0 Å². The third kappa shape index (κ3) is 2.12. The molecule has 1 aromatic rings. The van der Waals surface area contributed by atoms with E-state index in [9.17, 15) is 13.2 Å². The summed E-state index contributed by atoms with van der Waals surface area (Å²) in [5.41, 5.74) is 0. The molecule has 14 heavy (non-hydrogen) atoms. The van der Waals surface area contributed by atoms with E-state index in [4.69, 9.17) is 5.11 Å². The molecule has 1 aromatic heterocycles. The smallest absolute Gasteiger partial charge is 0.371 e. The molecule has 0 radical (unpaired) electrons. The molecule has 0 bridgehead atoms. The standard InChI is InChI=1S/C7H8O6S/c1-12-4-14(10,11)6-3-2-5(13-6)7(8)9/h2-3H,4H2,1H3,(H,8,9). The van der Waals surface area contributed by atoms with Crippen LogP contribution in [-0.2, 0) is 14.6 Å². The van der Waals surface area contributed by atoms with Crippen LogP contribution in [0.3, 0.4) is 0 Å². The Morgan fingerprint density at radius 3 is 2.64 bits per heavy atom. The first-order valence-electron chi connectivity index (χ1n) is 3.52. The van der Waals surface area contributed by atoms with Crippen LogP contribution in [0.25, 0.3) is 0 Å². The zero-order valence-corrected chi connectivity index (χ0v) is 8.08. The molecule has 1 rings (SSSR count). The van der Waals surface area contributed by atoms with Crippen molar-refractivity contribution in [2.75, 3.05) is 13.0 Å². The lowest BCUT2D eigenvalue weighted by Crippen LogP contribution is -2.07. The Morgan fingerprint density at radius 1 is 1.57 bits per heavy atom. The van der Waals surface area contributed by atoms with E-state index in [1.165, 1.54) is 7.11 Å². The van der Waals surface area contributed by atoms with Crippen LogP contribution in [0.4, 0.5) is 0 Å². The van der Waals surface area contributed by atoms with E-state index in [1.54, 1.807) is 0 Å². The first-order chi connectivity index (χ1) is 6.47. The van der Waals surface area contributed by atoms with Crippen LogP contribution in [0, 0.1) is 0 Å². The molecule has 1 N–H and O–H groups in total. The van der Waals surface area contributed by atoms with Crippen LogP contribution in [-0.4, -0.2) is 32.5 Å². The Kier molecular flexibility index (Phi) is 2.92. The third-order valence-electron chi connectivity index (χ3n) is 1.37. The lowest BCUT2D eigenvalue weighted by Gasteiger charge is -1.97. The molecule has 0 saturated heterocycles. The van der Waals surface area contributed by atoms with Gasteiger partial charge in [0.25, 0.3) is 0 Å². The third-order valence-corrected chi connectivity index (χ3v) is 2.75. The fourth-order valence-electron chi connectivity index (χ4n) is 0.815. The van der Waals surface area contributed by atoms with Gasteiger partial charge in [0.05, 0.1) is 0 Å². The highest BCUT2D eigenvalue weighted by Gasteiger charge is 2.20. The monoisotopic (exact) mass is 220 g/mol. The second kappa shape index (κ2) is 3.81. The molecule has 0 fully saturated rings. The predicted octanol–water partition coefficient (Wildman–Crippen LogP) is 0.355. The number of carboxylic acid groups (broad SMARTS) is 1. The number of rotatable bonds is 4. The van der Waals surface area contributed by atoms with Gasteiger partial charge < -0.3 is 14.3 Å². The normalized spacial score (nSPS) is 11.5. The second-order valence-electron chi connectivity index (χ2n) is 2.45. The van der Waals surface area contributed by atoms with E-state index in [0.717, 1.165) is 12.1 Å². The predicted molar refractivity (Wildman–Crippen MR) is 44.7 cm³/mol. The number of furan rings is 1. The summed E-state index contributed by atoms with van der Waals surface area (Å²) in [6.07, 6.45) is 0. The Balaban J connectivity index is 3.03. The van der Waals surface area contributed by atoms with Crippen molar-refractivity contribution in [2.45, 2.75) is 5.09 Å². The van der Waals surface area contributed by atoms with Gasteiger partial charge in [-0.3, -0.25) is 0 Å². The summed E-state index contributed by atoms with van der Waals surface area (Å²) in [5, 5.41) is 8.07. The molecule has 7 heteroatoms. The molecular weight excluding hydrogens is 212 g/mol. The summed E-state index contributed by atoms with van der Waals surface area (Å²) >= 11 is 0. The highest BCUT2D eigenvalue weighted by Crippen LogP contribution is 2.15. The van der Waals surface area contributed by atoms with Crippen LogP contribution in [0.15, 0.2) is 21.6 Å². The number of methoxy groups -OCH3 is 1. The summed E-state index contributed by atoms with van der Waals surface area (Å²) in [6, 6.07) is 2.16. The summed E-state index contributed by atoms with van der Waals surface area (Å²) in [5.74, 6) is -2.27. The SMILES string of the molecule is COCS(=O)(=O)c1ccc(C(=O)O)o1. The summed E-state index contributed by atoms with van der Waals surface area (Å²) in [4.78, 5) is 10.4. The average Bonchev–Trinajstić information content (AvgIpc) is 2.51. The molecule has 0 aliphatic carbocycles. The number of hydrogen-bond donors (Lipinski definition) is 1. The minimum atomic E-state index is -3.68. The Morgan fingerprint density at radius 2 is 2.21 bits per heavy atom. The van der Waals surface area contributed by atoms with Crippen LogP contribution in [0.2, 0.25) is 0 Å². The minimum Gasteiger partial charge on any atom is -0.475 e. The Hall–Kier alpha value is -1.34. The van der Waals surface area contributed by atoms with Gasteiger partial charge in [0.1, 0.15) is 0 Å². The lowest BCUT2D eigenvalue weighted by molar-refractivity contribution is 0.0656. The summed E-state index contributed by atoms with van der Waals surface area (Å²) < 4.78 is 31.5. The van der Waals surface area contributed by atoms with E-state index in [-0.39, 0.29) is 0 Å². The van der Waals surface area contributed by atoms with Gasteiger partial charge in [-0.1, -0.05) is 0 Å². The number of hydrogen-bond acceptors (Lipinski definition) is 5. The van der Waals surface area contributed by atoms with Crippen molar-refractivity contribution < 1.29 is 27.5 Å². The highest BCUT2D eigenvalue weighted by atomic mass is 32.2. The van der Waals surface area contributed by atoms with Gasteiger partial charge >= 0.3 is 5.97 Å². The van der Waals surface area contributed by atoms with E-state index < -0.39 is 32.6 Å². The molecule has 0 spiro atoms. The van der Waals surface area contributed by atoms with Crippen molar-refractivity contribution in [3.05, 3.63) is 17.9 Å². The molecular formula is C7H8O6S. The zero-order valence-electron chi connectivity index (χ0n) is 7.26. The van der Waals surface area contributed by atoms with E-state index in [1.807, 2.05) is 0 Å². The van der Waals surface area contributed by atoms with Gasteiger partial charge in [0.2, 0.25) is 20.7 Å². The van der Waals surface area contributed by atoms with Crippen molar-refractivity contribution in [1.82, 2.24) is 0 Å². The van der Waals surface area contributed by atoms with E-state index in [0.29, 0.717) is 0 Å². The van der Waals surface area contributed by atoms with Crippen molar-refractivity contribution in [2.24, 2.45) is 0 Å².